The minimum atomic E-state index is -0.306. The van der Waals surface area contributed by atoms with Crippen molar-refractivity contribution in [2.75, 3.05) is 56.9 Å². The summed E-state index contributed by atoms with van der Waals surface area (Å²) < 4.78 is 9.97. The molecular formula is C34H39N9O2. The highest BCUT2D eigenvalue weighted by molar-refractivity contribution is 6.02. The van der Waals surface area contributed by atoms with Gasteiger partial charge in [0.1, 0.15) is 5.75 Å². The highest BCUT2D eigenvalue weighted by atomic mass is 16.5. The maximum absolute atomic E-state index is 12.4. The van der Waals surface area contributed by atoms with Crippen LogP contribution >= 0.6 is 0 Å². The summed E-state index contributed by atoms with van der Waals surface area (Å²) >= 11 is 0. The van der Waals surface area contributed by atoms with Crippen LogP contribution in [0, 0.1) is 0 Å². The topological polar surface area (TPSA) is 105 Å². The van der Waals surface area contributed by atoms with Gasteiger partial charge in [0.15, 0.2) is 0 Å². The third-order valence-electron chi connectivity index (χ3n) is 8.04. The summed E-state index contributed by atoms with van der Waals surface area (Å²) in [5.41, 5.74) is 6.89. The molecule has 45 heavy (non-hydrogen) atoms. The largest absolute Gasteiger partial charge is 0.494 e. The third-order valence-corrected chi connectivity index (χ3v) is 8.04. The molecule has 1 aliphatic rings. The highest BCUT2D eigenvalue weighted by Gasteiger charge is 2.27. The Balaban J connectivity index is 1.45. The Morgan fingerprint density at radius 1 is 1.09 bits per heavy atom. The molecular weight excluding hydrogens is 566 g/mol. The molecule has 3 aromatic heterocycles. The quantitative estimate of drug-likeness (QED) is 0.174. The fraction of sp³-hybridized carbons (Fsp3) is 0.294. The lowest BCUT2D eigenvalue weighted by atomic mass is 10.0. The van der Waals surface area contributed by atoms with E-state index in [9.17, 15) is 4.79 Å². The summed E-state index contributed by atoms with van der Waals surface area (Å²) in [7, 11) is 9.56. The van der Waals surface area contributed by atoms with E-state index >= 15 is 0 Å². The molecule has 1 amide bonds. The van der Waals surface area contributed by atoms with E-state index in [-0.39, 0.29) is 5.91 Å². The zero-order chi connectivity index (χ0) is 31.7. The first kappa shape index (κ1) is 29.9. The molecule has 0 spiro atoms. The van der Waals surface area contributed by atoms with Crippen molar-refractivity contribution in [3.05, 3.63) is 73.8 Å². The van der Waals surface area contributed by atoms with Gasteiger partial charge in [0.2, 0.25) is 11.9 Å². The molecule has 0 unspecified atom stereocenters. The molecule has 11 heteroatoms. The lowest BCUT2D eigenvalue weighted by Crippen LogP contribution is -2.29. The first-order valence-corrected chi connectivity index (χ1v) is 15.0. The van der Waals surface area contributed by atoms with Crippen LogP contribution in [0.25, 0.3) is 33.3 Å². The van der Waals surface area contributed by atoms with Crippen molar-refractivity contribution < 1.29 is 9.53 Å². The molecule has 5 aromatic rings. The van der Waals surface area contributed by atoms with Gasteiger partial charge in [0, 0.05) is 85.5 Å². The van der Waals surface area contributed by atoms with E-state index < -0.39 is 0 Å². The van der Waals surface area contributed by atoms with Gasteiger partial charge in [-0.25, -0.2) is 9.97 Å². The number of nitrogens with zero attached hydrogens (tertiary/aromatic N) is 7. The standard InChI is InChI=1S/C34H39N9O2/c1-7-32(44)37-27-16-28(31(45-6)17-30(27)41(4)15-14-40(2)3)38-34-35-19-25(22-18-36-42(5)20-22)33(39-34)26-21-43(23-12-13-23)29-11-9-8-10-24(26)29/h7-11,16-21,23H,1,12-15H2,2-6H3,(H,37,44)(H,35,38,39). The molecule has 2 aromatic carbocycles. The second-order valence-electron chi connectivity index (χ2n) is 11.7. The number of para-hydroxylation sites is 1. The van der Waals surface area contributed by atoms with Crippen molar-refractivity contribution in [3.8, 4) is 28.1 Å². The first-order chi connectivity index (χ1) is 21.7. The van der Waals surface area contributed by atoms with Crippen molar-refractivity contribution in [1.82, 2.24) is 29.2 Å². The fourth-order valence-electron chi connectivity index (χ4n) is 5.49. The number of hydrogen-bond donors (Lipinski definition) is 2. The normalized spacial score (nSPS) is 12.8. The Kier molecular flexibility index (Phi) is 8.27. The number of nitrogens with one attached hydrogen (secondary N) is 2. The van der Waals surface area contributed by atoms with Crippen LogP contribution in [-0.4, -0.2) is 76.5 Å². The van der Waals surface area contributed by atoms with Gasteiger partial charge in [-0.05, 0) is 45.1 Å². The van der Waals surface area contributed by atoms with E-state index in [0.717, 1.165) is 46.5 Å². The molecule has 0 radical (unpaired) electrons. The summed E-state index contributed by atoms with van der Waals surface area (Å²) in [5.74, 6) is 0.679. The van der Waals surface area contributed by atoms with Crippen LogP contribution in [0.4, 0.5) is 23.0 Å². The number of amides is 1. The number of fused-ring (bicyclic) bond motifs is 1. The Morgan fingerprint density at radius 3 is 2.58 bits per heavy atom. The predicted molar refractivity (Wildman–Crippen MR) is 180 cm³/mol. The molecule has 0 aliphatic heterocycles. The lowest BCUT2D eigenvalue weighted by molar-refractivity contribution is -0.111. The van der Waals surface area contributed by atoms with E-state index in [1.165, 1.54) is 24.4 Å². The molecule has 1 saturated carbocycles. The second-order valence-corrected chi connectivity index (χ2v) is 11.7. The zero-order valence-corrected chi connectivity index (χ0v) is 26.4. The van der Waals surface area contributed by atoms with Gasteiger partial charge in [-0.3, -0.25) is 9.48 Å². The highest BCUT2D eigenvalue weighted by Crippen LogP contribution is 2.43. The van der Waals surface area contributed by atoms with Crippen LogP contribution in [0.2, 0.25) is 0 Å². The summed E-state index contributed by atoms with van der Waals surface area (Å²) in [5, 5.41) is 11.9. The number of likely N-dealkylation sites (N-methyl/N-ethyl adjacent to an activating group) is 2. The summed E-state index contributed by atoms with van der Waals surface area (Å²) in [4.78, 5) is 26.5. The van der Waals surface area contributed by atoms with Gasteiger partial charge < -0.3 is 29.7 Å². The van der Waals surface area contributed by atoms with Gasteiger partial charge in [0.25, 0.3) is 0 Å². The Labute approximate surface area is 263 Å². The molecule has 232 valence electrons. The first-order valence-electron chi connectivity index (χ1n) is 15.0. The van der Waals surface area contributed by atoms with Gasteiger partial charge in [-0.1, -0.05) is 24.8 Å². The van der Waals surface area contributed by atoms with Gasteiger partial charge in [0.05, 0.1) is 36.1 Å². The number of methoxy groups -OCH3 is 1. The van der Waals surface area contributed by atoms with Crippen molar-refractivity contribution in [1.29, 1.82) is 0 Å². The minimum absolute atomic E-state index is 0.306. The van der Waals surface area contributed by atoms with Crippen molar-refractivity contribution in [2.24, 2.45) is 7.05 Å². The third kappa shape index (κ3) is 6.25. The number of aryl methyl sites for hydroxylation is 1. The van der Waals surface area contributed by atoms with Crippen LogP contribution in [0.5, 0.6) is 5.75 Å². The number of anilines is 4. The van der Waals surface area contributed by atoms with E-state index in [0.29, 0.717) is 29.1 Å². The predicted octanol–water partition coefficient (Wildman–Crippen LogP) is 5.71. The molecule has 11 nitrogen and oxygen atoms in total. The maximum Gasteiger partial charge on any atom is 0.247 e. The molecule has 6 rings (SSSR count). The van der Waals surface area contributed by atoms with Crippen LogP contribution in [0.1, 0.15) is 18.9 Å². The summed E-state index contributed by atoms with van der Waals surface area (Å²) in [6.07, 6.45) is 11.5. The number of aromatic nitrogens is 5. The molecule has 0 atom stereocenters. The number of rotatable bonds is 12. The molecule has 3 heterocycles. The van der Waals surface area contributed by atoms with Crippen LogP contribution < -0.4 is 20.3 Å². The Morgan fingerprint density at radius 2 is 1.89 bits per heavy atom. The lowest BCUT2D eigenvalue weighted by Gasteiger charge is -2.26. The monoisotopic (exact) mass is 605 g/mol. The number of benzene rings is 2. The van der Waals surface area contributed by atoms with Crippen LogP contribution in [0.3, 0.4) is 0 Å². The fourth-order valence-corrected chi connectivity index (χ4v) is 5.49. The van der Waals surface area contributed by atoms with E-state index in [4.69, 9.17) is 14.7 Å². The van der Waals surface area contributed by atoms with E-state index in [1.54, 1.807) is 11.8 Å². The molecule has 0 bridgehead atoms. The van der Waals surface area contributed by atoms with Crippen LogP contribution in [0.15, 0.2) is 73.8 Å². The van der Waals surface area contributed by atoms with E-state index in [1.807, 2.05) is 58.9 Å². The number of ether oxygens (including phenoxy) is 1. The Hall–Kier alpha value is -5.16. The number of carbonyl (C=O) groups is 1. The molecule has 2 N–H and O–H groups in total. The summed E-state index contributed by atoms with van der Waals surface area (Å²) in [6, 6.07) is 12.7. The number of hydrogen-bond acceptors (Lipinski definition) is 8. The average molecular weight is 606 g/mol. The molecule has 1 fully saturated rings. The van der Waals surface area contributed by atoms with Gasteiger partial charge in [-0.15, -0.1) is 0 Å². The Bertz CT molecular complexity index is 1870. The maximum atomic E-state index is 12.4. The number of carbonyl (C=O) groups excluding carboxylic acids is 1. The van der Waals surface area contributed by atoms with Gasteiger partial charge >= 0.3 is 0 Å². The van der Waals surface area contributed by atoms with Crippen LogP contribution in [-0.2, 0) is 11.8 Å². The molecule has 1 aliphatic carbocycles. The SMILES string of the molecule is C=CC(=O)Nc1cc(Nc2ncc(-c3cnn(C)c3)c(-c3cn(C4CC4)c4ccccc34)n2)c(OC)cc1N(C)CCN(C)C. The second kappa shape index (κ2) is 12.4. The smallest absolute Gasteiger partial charge is 0.247 e. The van der Waals surface area contributed by atoms with Crippen molar-refractivity contribution in [3.63, 3.8) is 0 Å². The average Bonchev–Trinajstić information content (AvgIpc) is 3.68. The van der Waals surface area contributed by atoms with E-state index in [2.05, 4.69) is 67.1 Å². The van der Waals surface area contributed by atoms with Crippen molar-refractivity contribution >= 4 is 39.8 Å². The zero-order valence-electron chi connectivity index (χ0n) is 26.4. The molecule has 0 saturated heterocycles. The van der Waals surface area contributed by atoms with Crippen molar-refractivity contribution in [2.45, 2.75) is 18.9 Å². The minimum Gasteiger partial charge on any atom is -0.494 e. The van der Waals surface area contributed by atoms with Gasteiger partial charge in [-0.2, -0.15) is 5.10 Å². The summed E-state index contributed by atoms with van der Waals surface area (Å²) in [6.45, 7) is 5.21.